The molecule has 22 heavy (non-hydrogen) atoms. The van der Waals surface area contributed by atoms with E-state index in [-0.39, 0.29) is 0 Å². The quantitative estimate of drug-likeness (QED) is 0.565. The molecule has 0 amide bonds. The Morgan fingerprint density at radius 1 is 0.955 bits per heavy atom. The Morgan fingerprint density at radius 3 is 2.27 bits per heavy atom. The molecule has 1 aliphatic rings. The van der Waals surface area contributed by atoms with Gasteiger partial charge in [0.05, 0.1) is 10.0 Å². The molecular formula is C20H22Cl2. The van der Waals surface area contributed by atoms with E-state index in [1.807, 2.05) is 12.1 Å². The third-order valence-electron chi connectivity index (χ3n) is 4.86. The van der Waals surface area contributed by atoms with Gasteiger partial charge in [-0.15, -0.1) is 0 Å². The molecule has 2 aromatic rings. The van der Waals surface area contributed by atoms with Crippen molar-refractivity contribution >= 4 is 23.2 Å². The lowest BCUT2D eigenvalue weighted by atomic mass is 9.91. The summed E-state index contributed by atoms with van der Waals surface area (Å²) in [7, 11) is 0. The first kappa shape index (κ1) is 15.9. The molecule has 1 atom stereocenters. The average molecular weight is 333 g/mol. The topological polar surface area (TPSA) is 0 Å². The highest BCUT2D eigenvalue weighted by Crippen LogP contribution is 2.34. The van der Waals surface area contributed by atoms with Crippen LogP contribution in [0.1, 0.15) is 61.1 Å². The molecule has 0 bridgehead atoms. The normalized spacial score (nSPS) is 16.9. The second-order valence-corrected chi connectivity index (χ2v) is 7.32. The van der Waals surface area contributed by atoms with Gasteiger partial charge >= 0.3 is 0 Å². The van der Waals surface area contributed by atoms with Crippen LogP contribution in [0.5, 0.6) is 0 Å². The SMILES string of the molecule is CC(Cc1ccc(C2CCCC2)cc1)c1ccc(Cl)c(Cl)c1. The lowest BCUT2D eigenvalue weighted by molar-refractivity contribution is 0.720. The second-order valence-electron chi connectivity index (χ2n) is 6.50. The van der Waals surface area contributed by atoms with Crippen molar-refractivity contribution in [2.75, 3.05) is 0 Å². The van der Waals surface area contributed by atoms with Crippen molar-refractivity contribution in [2.45, 2.75) is 50.9 Å². The zero-order valence-electron chi connectivity index (χ0n) is 13.0. The van der Waals surface area contributed by atoms with E-state index >= 15 is 0 Å². The maximum atomic E-state index is 6.12. The summed E-state index contributed by atoms with van der Waals surface area (Å²) in [6.45, 7) is 2.24. The lowest BCUT2D eigenvalue weighted by Gasteiger charge is -2.14. The van der Waals surface area contributed by atoms with Crippen LogP contribution < -0.4 is 0 Å². The van der Waals surface area contributed by atoms with Crippen molar-refractivity contribution < 1.29 is 0 Å². The molecule has 1 saturated carbocycles. The fourth-order valence-electron chi connectivity index (χ4n) is 3.48. The Kier molecular flexibility index (Phi) is 5.10. The fourth-order valence-corrected chi connectivity index (χ4v) is 3.78. The maximum absolute atomic E-state index is 6.12. The van der Waals surface area contributed by atoms with Gasteiger partial charge in [-0.2, -0.15) is 0 Å². The summed E-state index contributed by atoms with van der Waals surface area (Å²) >= 11 is 12.1. The summed E-state index contributed by atoms with van der Waals surface area (Å²) in [5, 5.41) is 1.26. The maximum Gasteiger partial charge on any atom is 0.0595 e. The van der Waals surface area contributed by atoms with E-state index in [9.17, 15) is 0 Å². The van der Waals surface area contributed by atoms with E-state index in [1.165, 1.54) is 42.4 Å². The molecule has 1 fully saturated rings. The molecule has 2 aromatic carbocycles. The van der Waals surface area contributed by atoms with E-state index in [0.717, 1.165) is 12.3 Å². The van der Waals surface area contributed by atoms with Gasteiger partial charge in [0.15, 0.2) is 0 Å². The van der Waals surface area contributed by atoms with Crippen molar-refractivity contribution in [3.05, 3.63) is 69.2 Å². The van der Waals surface area contributed by atoms with Crippen LogP contribution in [0.2, 0.25) is 10.0 Å². The number of hydrogen-bond donors (Lipinski definition) is 0. The van der Waals surface area contributed by atoms with Gasteiger partial charge in [0.25, 0.3) is 0 Å². The molecular weight excluding hydrogens is 311 g/mol. The largest absolute Gasteiger partial charge is 0.0827 e. The zero-order valence-corrected chi connectivity index (χ0v) is 14.5. The minimum absolute atomic E-state index is 0.437. The van der Waals surface area contributed by atoms with Gasteiger partial charge < -0.3 is 0 Å². The second kappa shape index (κ2) is 7.06. The van der Waals surface area contributed by atoms with E-state index in [4.69, 9.17) is 23.2 Å². The van der Waals surface area contributed by atoms with Crippen molar-refractivity contribution in [3.8, 4) is 0 Å². The van der Waals surface area contributed by atoms with E-state index < -0.39 is 0 Å². The molecule has 0 aliphatic heterocycles. The van der Waals surface area contributed by atoms with Gasteiger partial charge in [-0.3, -0.25) is 0 Å². The first-order valence-corrected chi connectivity index (χ1v) is 8.93. The van der Waals surface area contributed by atoms with Crippen LogP contribution in [-0.4, -0.2) is 0 Å². The van der Waals surface area contributed by atoms with Crippen LogP contribution in [-0.2, 0) is 6.42 Å². The smallest absolute Gasteiger partial charge is 0.0595 e. The molecule has 0 aromatic heterocycles. The summed E-state index contributed by atoms with van der Waals surface area (Å²) < 4.78 is 0. The molecule has 116 valence electrons. The van der Waals surface area contributed by atoms with Crippen LogP contribution >= 0.6 is 23.2 Å². The first-order chi connectivity index (χ1) is 10.6. The minimum Gasteiger partial charge on any atom is -0.0827 e. The van der Waals surface area contributed by atoms with Gasteiger partial charge in [-0.05, 0) is 59.9 Å². The monoisotopic (exact) mass is 332 g/mol. The van der Waals surface area contributed by atoms with Crippen molar-refractivity contribution in [1.82, 2.24) is 0 Å². The summed E-state index contributed by atoms with van der Waals surface area (Å²) in [6, 6.07) is 15.2. The molecule has 1 unspecified atom stereocenters. The van der Waals surface area contributed by atoms with Gasteiger partial charge in [-0.25, -0.2) is 0 Å². The Labute approximate surface area is 143 Å². The number of hydrogen-bond acceptors (Lipinski definition) is 0. The van der Waals surface area contributed by atoms with Crippen LogP contribution in [0.4, 0.5) is 0 Å². The number of halogens is 2. The van der Waals surface area contributed by atoms with E-state index in [0.29, 0.717) is 16.0 Å². The van der Waals surface area contributed by atoms with Crippen LogP contribution in [0, 0.1) is 0 Å². The van der Waals surface area contributed by atoms with Gasteiger partial charge in [0.2, 0.25) is 0 Å². The summed E-state index contributed by atoms with van der Waals surface area (Å²) in [5.41, 5.74) is 4.15. The Morgan fingerprint density at radius 2 is 1.64 bits per heavy atom. The first-order valence-electron chi connectivity index (χ1n) is 8.17. The highest BCUT2D eigenvalue weighted by molar-refractivity contribution is 6.42. The summed E-state index contributed by atoms with van der Waals surface area (Å²) in [5.74, 6) is 1.23. The van der Waals surface area contributed by atoms with Gasteiger partial charge in [0, 0.05) is 0 Å². The number of benzene rings is 2. The molecule has 2 heteroatoms. The van der Waals surface area contributed by atoms with Crippen molar-refractivity contribution in [2.24, 2.45) is 0 Å². The van der Waals surface area contributed by atoms with Gasteiger partial charge in [0.1, 0.15) is 0 Å². The molecule has 0 radical (unpaired) electrons. The highest BCUT2D eigenvalue weighted by atomic mass is 35.5. The minimum atomic E-state index is 0.437. The van der Waals surface area contributed by atoms with Crippen molar-refractivity contribution in [3.63, 3.8) is 0 Å². The third-order valence-corrected chi connectivity index (χ3v) is 5.60. The Balaban J connectivity index is 1.68. The van der Waals surface area contributed by atoms with Gasteiger partial charge in [-0.1, -0.05) is 73.3 Å². The Hall–Kier alpha value is -0.980. The molecule has 0 spiro atoms. The molecule has 0 saturated heterocycles. The standard InChI is InChI=1S/C20H22Cl2/c1-14(18-10-11-19(21)20(22)13-18)12-15-6-8-17(9-7-15)16-4-2-3-5-16/h6-11,13-14,16H,2-5,12H2,1H3. The van der Waals surface area contributed by atoms with Crippen LogP contribution in [0.25, 0.3) is 0 Å². The fraction of sp³-hybridized carbons (Fsp3) is 0.400. The highest BCUT2D eigenvalue weighted by Gasteiger charge is 2.17. The molecule has 3 rings (SSSR count). The van der Waals surface area contributed by atoms with E-state index in [2.05, 4.69) is 37.3 Å². The van der Waals surface area contributed by atoms with E-state index in [1.54, 1.807) is 0 Å². The third kappa shape index (κ3) is 3.67. The molecule has 1 aliphatic carbocycles. The van der Waals surface area contributed by atoms with Crippen LogP contribution in [0.3, 0.4) is 0 Å². The predicted molar refractivity (Wildman–Crippen MR) is 96.2 cm³/mol. The zero-order chi connectivity index (χ0) is 15.5. The molecule has 0 nitrogen and oxygen atoms in total. The average Bonchev–Trinajstić information content (AvgIpc) is 3.05. The summed E-state index contributed by atoms with van der Waals surface area (Å²) in [4.78, 5) is 0. The summed E-state index contributed by atoms with van der Waals surface area (Å²) in [6.07, 6.45) is 6.53. The Bertz CT molecular complexity index is 625. The molecule has 0 heterocycles. The molecule has 0 N–H and O–H groups in total. The lowest BCUT2D eigenvalue weighted by Crippen LogP contribution is -1.99. The van der Waals surface area contributed by atoms with Crippen LogP contribution in [0.15, 0.2) is 42.5 Å². The van der Waals surface area contributed by atoms with Crippen molar-refractivity contribution in [1.29, 1.82) is 0 Å². The number of rotatable bonds is 4. The predicted octanol–water partition coefficient (Wildman–Crippen LogP) is 7.00.